The third kappa shape index (κ3) is 5.00. The summed E-state index contributed by atoms with van der Waals surface area (Å²) in [6, 6.07) is 3.85. The second kappa shape index (κ2) is 9.30. The number of nitrogens with one attached hydrogen (secondary N) is 1. The van der Waals surface area contributed by atoms with Gasteiger partial charge >= 0.3 is 12.1 Å². The molecule has 1 aromatic heterocycles. The lowest BCUT2D eigenvalue weighted by molar-refractivity contribution is -0.142. The number of hydrogen-bond acceptors (Lipinski definition) is 9. The topological polar surface area (TPSA) is 113 Å². The highest BCUT2D eigenvalue weighted by Crippen LogP contribution is 2.40. The largest absolute Gasteiger partial charge is 0.513 e. The van der Waals surface area contributed by atoms with Gasteiger partial charge in [0.1, 0.15) is 17.4 Å². The van der Waals surface area contributed by atoms with Crippen LogP contribution < -0.4 is 5.32 Å². The summed E-state index contributed by atoms with van der Waals surface area (Å²) >= 11 is 1.25. The smallest absolute Gasteiger partial charge is 0.480 e. The van der Waals surface area contributed by atoms with Crippen LogP contribution in [0.25, 0.3) is 0 Å². The number of methoxy groups -OCH3 is 1. The number of rotatable bonds is 6. The van der Waals surface area contributed by atoms with Crippen molar-refractivity contribution in [2.75, 3.05) is 20.2 Å². The maximum atomic E-state index is 14.2. The van der Waals surface area contributed by atoms with Gasteiger partial charge in [-0.1, -0.05) is 12.1 Å². The van der Waals surface area contributed by atoms with E-state index in [1.54, 1.807) is 18.5 Å². The highest BCUT2D eigenvalue weighted by atomic mass is 32.1. The number of carboxylic acids is 1. The van der Waals surface area contributed by atoms with E-state index in [9.17, 15) is 27.9 Å². The monoisotopic (exact) mass is 510 g/mol. The van der Waals surface area contributed by atoms with E-state index in [4.69, 9.17) is 4.74 Å². The number of ether oxygens (including phenoxy) is 2. The summed E-state index contributed by atoms with van der Waals surface area (Å²) in [6.45, 7) is 0.456. The van der Waals surface area contributed by atoms with Crippen LogP contribution in [-0.4, -0.2) is 65.1 Å². The number of likely N-dealkylation sites (tertiary alicyclic amines) is 1. The van der Waals surface area contributed by atoms with Crippen LogP contribution in [0.2, 0.25) is 0 Å². The SMILES string of the molecule is COC(=O)OC1=C(CN2CC(F)(F)C[C@H]2C(=O)O)NC(c2nccs2)=N[C@@]1(C)c1ccc(F)cc1. The van der Waals surface area contributed by atoms with Crippen molar-refractivity contribution in [3.8, 4) is 0 Å². The van der Waals surface area contributed by atoms with Gasteiger partial charge in [-0.25, -0.2) is 27.9 Å². The molecule has 2 aliphatic rings. The fourth-order valence-electron chi connectivity index (χ4n) is 4.10. The van der Waals surface area contributed by atoms with E-state index in [0.29, 0.717) is 10.6 Å². The van der Waals surface area contributed by atoms with E-state index < -0.39 is 48.4 Å². The molecule has 9 nitrogen and oxygen atoms in total. The van der Waals surface area contributed by atoms with Crippen LogP contribution in [0.15, 0.2) is 52.3 Å². The summed E-state index contributed by atoms with van der Waals surface area (Å²) in [7, 11) is 1.10. The molecule has 1 aromatic carbocycles. The van der Waals surface area contributed by atoms with Crippen molar-refractivity contribution in [1.82, 2.24) is 15.2 Å². The van der Waals surface area contributed by atoms with Gasteiger partial charge in [-0.3, -0.25) is 9.69 Å². The Bertz CT molecular complexity index is 1190. The number of amidine groups is 1. The first kappa shape index (κ1) is 24.7. The molecule has 0 radical (unpaired) electrons. The quantitative estimate of drug-likeness (QED) is 0.569. The zero-order valence-electron chi connectivity index (χ0n) is 18.6. The number of alkyl halides is 2. The van der Waals surface area contributed by atoms with Crippen LogP contribution in [0.3, 0.4) is 0 Å². The Morgan fingerprint density at radius 3 is 2.63 bits per heavy atom. The van der Waals surface area contributed by atoms with Gasteiger partial charge in [0.15, 0.2) is 16.6 Å². The number of aliphatic carboxylic acids is 1. The molecule has 3 heterocycles. The van der Waals surface area contributed by atoms with Crippen LogP contribution in [0.1, 0.15) is 23.9 Å². The summed E-state index contributed by atoms with van der Waals surface area (Å²) in [5.41, 5.74) is -0.900. The number of carboxylic acid groups (broad SMARTS) is 1. The van der Waals surface area contributed by atoms with E-state index in [0.717, 1.165) is 12.0 Å². The molecule has 1 fully saturated rings. The van der Waals surface area contributed by atoms with E-state index >= 15 is 0 Å². The van der Waals surface area contributed by atoms with Crippen molar-refractivity contribution in [3.05, 3.63) is 63.7 Å². The molecule has 13 heteroatoms. The van der Waals surface area contributed by atoms with E-state index in [-0.39, 0.29) is 23.8 Å². The van der Waals surface area contributed by atoms with E-state index in [2.05, 4.69) is 20.0 Å². The van der Waals surface area contributed by atoms with Gasteiger partial charge in [0.2, 0.25) is 0 Å². The molecule has 0 unspecified atom stereocenters. The van der Waals surface area contributed by atoms with Gasteiger partial charge in [-0.15, -0.1) is 11.3 Å². The number of halogens is 3. The van der Waals surface area contributed by atoms with Crippen molar-refractivity contribution in [2.24, 2.45) is 4.99 Å². The average molecular weight is 510 g/mol. The molecule has 4 rings (SSSR count). The fraction of sp³-hybridized carbons (Fsp3) is 0.364. The lowest BCUT2D eigenvalue weighted by Gasteiger charge is -2.36. The normalized spacial score (nSPS) is 24.0. The maximum absolute atomic E-state index is 14.2. The average Bonchev–Trinajstić information content (AvgIpc) is 3.44. The molecule has 0 aliphatic carbocycles. The minimum atomic E-state index is -3.21. The Morgan fingerprint density at radius 2 is 2.03 bits per heavy atom. The predicted octanol–water partition coefficient (Wildman–Crippen LogP) is 3.34. The number of aliphatic imine (C=N–C) groups is 1. The van der Waals surface area contributed by atoms with Crippen molar-refractivity contribution < 1.29 is 37.3 Å². The van der Waals surface area contributed by atoms with E-state index in [1.807, 2.05) is 0 Å². The van der Waals surface area contributed by atoms with Crippen LogP contribution in [0.4, 0.5) is 18.0 Å². The molecule has 35 heavy (non-hydrogen) atoms. The zero-order chi connectivity index (χ0) is 25.4. The Labute approximate surface area is 201 Å². The van der Waals surface area contributed by atoms with Crippen LogP contribution in [-0.2, 0) is 19.8 Å². The lowest BCUT2D eigenvalue weighted by Crippen LogP contribution is -2.46. The lowest BCUT2D eigenvalue weighted by atomic mass is 9.88. The first-order valence-electron chi connectivity index (χ1n) is 10.4. The molecule has 2 atom stereocenters. The Kier molecular flexibility index (Phi) is 6.56. The maximum Gasteiger partial charge on any atom is 0.513 e. The summed E-state index contributed by atoms with van der Waals surface area (Å²) in [6.07, 6.45) is -0.405. The molecular formula is C22H21F3N4O5S. The van der Waals surface area contributed by atoms with Gasteiger partial charge < -0.3 is 19.9 Å². The standard InChI is InChI=1S/C22H21F3N4O5S/c1-21(12-3-5-13(23)6-4-12)16(34-20(32)33-2)14(27-17(28-21)18-26-7-8-35-18)10-29-11-22(24,25)9-15(29)19(30)31/h3-8,15H,9-11H2,1-2H3,(H,27,28)(H,30,31)/t15-,21-/m0/s1. The van der Waals surface area contributed by atoms with Gasteiger partial charge in [0.25, 0.3) is 5.92 Å². The van der Waals surface area contributed by atoms with Crippen molar-refractivity contribution in [3.63, 3.8) is 0 Å². The summed E-state index contributed by atoms with van der Waals surface area (Å²) in [5, 5.41) is 14.7. The second-order valence-electron chi connectivity index (χ2n) is 8.18. The zero-order valence-corrected chi connectivity index (χ0v) is 19.4. The predicted molar refractivity (Wildman–Crippen MR) is 119 cm³/mol. The van der Waals surface area contributed by atoms with Gasteiger partial charge in [-0.2, -0.15) is 0 Å². The Balaban J connectivity index is 1.85. The molecule has 2 N–H and O–H groups in total. The fourth-order valence-corrected chi connectivity index (χ4v) is 4.68. The van der Waals surface area contributed by atoms with Crippen LogP contribution in [0, 0.1) is 5.82 Å². The molecule has 0 amide bonds. The number of nitrogens with zero attached hydrogens (tertiary/aromatic N) is 3. The van der Waals surface area contributed by atoms with Crippen LogP contribution in [0.5, 0.6) is 0 Å². The molecule has 0 spiro atoms. The highest BCUT2D eigenvalue weighted by Gasteiger charge is 2.50. The van der Waals surface area contributed by atoms with Gasteiger partial charge in [0, 0.05) is 24.5 Å². The molecule has 0 saturated carbocycles. The number of aromatic nitrogens is 1. The first-order chi connectivity index (χ1) is 16.5. The summed E-state index contributed by atoms with van der Waals surface area (Å²) in [4.78, 5) is 33.9. The molecule has 2 aromatic rings. The number of thiazole rings is 1. The molecular weight excluding hydrogens is 489 g/mol. The third-order valence-electron chi connectivity index (χ3n) is 5.73. The van der Waals surface area contributed by atoms with Crippen molar-refractivity contribution >= 4 is 29.3 Å². The molecule has 1 saturated heterocycles. The van der Waals surface area contributed by atoms with Crippen LogP contribution >= 0.6 is 11.3 Å². The third-order valence-corrected chi connectivity index (χ3v) is 6.51. The minimum absolute atomic E-state index is 0.101. The Morgan fingerprint density at radius 1 is 1.31 bits per heavy atom. The number of hydrogen-bond donors (Lipinski definition) is 2. The first-order valence-corrected chi connectivity index (χ1v) is 11.3. The van der Waals surface area contributed by atoms with E-state index in [1.165, 1.54) is 35.6 Å². The Hall–Kier alpha value is -3.45. The van der Waals surface area contributed by atoms with Crippen molar-refractivity contribution in [2.45, 2.75) is 30.8 Å². The van der Waals surface area contributed by atoms with Gasteiger partial charge in [0.05, 0.1) is 19.4 Å². The molecule has 186 valence electrons. The number of carbonyl (C=O) groups excluding carboxylic acids is 1. The second-order valence-corrected chi connectivity index (χ2v) is 9.08. The number of carbonyl (C=O) groups is 2. The number of benzene rings is 1. The summed E-state index contributed by atoms with van der Waals surface area (Å²) in [5.74, 6) is -4.97. The minimum Gasteiger partial charge on any atom is -0.480 e. The van der Waals surface area contributed by atoms with Crippen molar-refractivity contribution in [1.29, 1.82) is 0 Å². The van der Waals surface area contributed by atoms with Gasteiger partial charge in [-0.05, 0) is 24.6 Å². The highest BCUT2D eigenvalue weighted by molar-refractivity contribution is 7.11. The molecule has 2 aliphatic heterocycles. The molecule has 0 bridgehead atoms. The summed E-state index contributed by atoms with van der Waals surface area (Å²) < 4.78 is 52.1.